The largest absolute Gasteiger partial charge is 0.340 e. The molecule has 1 aromatic carbocycles. The standard InChI is InChI=1S/C17H23ClN2O/c1-20(11-12-5-4-7-14(18)9-12)17(21)16-10-13-6-2-3-8-15(13)19-16/h4-5,7,9,13,15-16,19H,2-3,6,8,10-11H2,1H3. The summed E-state index contributed by atoms with van der Waals surface area (Å²) in [5.41, 5.74) is 1.08. The molecule has 0 bridgehead atoms. The number of likely N-dealkylation sites (N-methyl/N-ethyl adjacent to an activating group) is 1. The van der Waals surface area contributed by atoms with E-state index >= 15 is 0 Å². The van der Waals surface area contributed by atoms with E-state index in [1.54, 1.807) is 0 Å². The van der Waals surface area contributed by atoms with Gasteiger partial charge in [0.05, 0.1) is 6.04 Å². The third-order valence-corrected chi connectivity index (χ3v) is 5.08. The normalized spacial score (nSPS) is 28.2. The van der Waals surface area contributed by atoms with E-state index in [2.05, 4.69) is 5.32 Å². The molecule has 1 saturated carbocycles. The average molecular weight is 307 g/mol. The quantitative estimate of drug-likeness (QED) is 0.930. The minimum absolute atomic E-state index is 0.00211. The average Bonchev–Trinajstić information content (AvgIpc) is 2.90. The van der Waals surface area contributed by atoms with Crippen LogP contribution in [0.5, 0.6) is 0 Å². The first kappa shape index (κ1) is 14.9. The van der Waals surface area contributed by atoms with Crippen molar-refractivity contribution in [1.29, 1.82) is 0 Å². The summed E-state index contributed by atoms with van der Waals surface area (Å²) in [5.74, 6) is 0.914. The molecule has 21 heavy (non-hydrogen) atoms. The molecule has 1 aliphatic carbocycles. The van der Waals surface area contributed by atoms with Crippen LogP contribution in [0.1, 0.15) is 37.7 Å². The van der Waals surface area contributed by atoms with Gasteiger partial charge in [0.15, 0.2) is 0 Å². The Morgan fingerprint density at radius 3 is 2.95 bits per heavy atom. The second-order valence-corrected chi connectivity index (χ2v) is 6.87. The number of carbonyl (C=O) groups is 1. The highest BCUT2D eigenvalue weighted by Gasteiger charge is 2.39. The van der Waals surface area contributed by atoms with Gasteiger partial charge in [0.2, 0.25) is 5.91 Å². The minimum atomic E-state index is 0.00211. The van der Waals surface area contributed by atoms with Gasteiger partial charge in [-0.2, -0.15) is 0 Å². The topological polar surface area (TPSA) is 32.3 Å². The van der Waals surface area contributed by atoms with Crippen molar-refractivity contribution in [2.45, 2.75) is 50.7 Å². The zero-order valence-electron chi connectivity index (χ0n) is 12.5. The molecule has 1 aromatic rings. The molecule has 1 heterocycles. The van der Waals surface area contributed by atoms with Gasteiger partial charge in [0.1, 0.15) is 0 Å². The van der Waals surface area contributed by atoms with E-state index in [4.69, 9.17) is 11.6 Å². The van der Waals surface area contributed by atoms with Gasteiger partial charge in [0, 0.05) is 24.7 Å². The molecule has 3 unspecified atom stereocenters. The maximum atomic E-state index is 12.6. The maximum absolute atomic E-state index is 12.6. The molecule has 0 radical (unpaired) electrons. The molecule has 114 valence electrons. The molecule has 1 amide bonds. The van der Waals surface area contributed by atoms with Crippen LogP contribution in [0.4, 0.5) is 0 Å². The van der Waals surface area contributed by atoms with Crippen molar-refractivity contribution in [1.82, 2.24) is 10.2 Å². The number of nitrogens with one attached hydrogen (secondary N) is 1. The Labute approximate surface area is 131 Å². The Balaban J connectivity index is 1.60. The molecule has 1 saturated heterocycles. The number of carbonyl (C=O) groups excluding carboxylic acids is 1. The summed E-state index contributed by atoms with van der Waals surface area (Å²) in [6, 6.07) is 8.29. The van der Waals surface area contributed by atoms with Crippen LogP contribution in [0.2, 0.25) is 5.02 Å². The van der Waals surface area contributed by atoms with Crippen molar-refractivity contribution in [3.8, 4) is 0 Å². The summed E-state index contributed by atoms with van der Waals surface area (Å²) in [4.78, 5) is 14.4. The zero-order chi connectivity index (χ0) is 14.8. The zero-order valence-corrected chi connectivity index (χ0v) is 13.3. The lowest BCUT2D eigenvalue weighted by molar-refractivity contribution is -0.132. The van der Waals surface area contributed by atoms with Gasteiger partial charge in [-0.3, -0.25) is 4.79 Å². The summed E-state index contributed by atoms with van der Waals surface area (Å²) in [5, 5.41) is 4.27. The van der Waals surface area contributed by atoms with Crippen LogP contribution in [0.15, 0.2) is 24.3 Å². The first-order chi connectivity index (χ1) is 10.1. The number of halogens is 1. The number of fused-ring (bicyclic) bond motifs is 1. The maximum Gasteiger partial charge on any atom is 0.239 e. The number of hydrogen-bond acceptors (Lipinski definition) is 2. The summed E-state index contributed by atoms with van der Waals surface area (Å²) < 4.78 is 0. The van der Waals surface area contributed by atoms with Crippen LogP contribution in [0.25, 0.3) is 0 Å². The number of hydrogen-bond donors (Lipinski definition) is 1. The van der Waals surface area contributed by atoms with E-state index < -0.39 is 0 Å². The molecule has 2 aliphatic rings. The molecule has 3 rings (SSSR count). The molecule has 3 atom stereocenters. The molecule has 1 aliphatic heterocycles. The summed E-state index contributed by atoms with van der Waals surface area (Å²) in [6.07, 6.45) is 6.13. The van der Waals surface area contributed by atoms with E-state index in [1.807, 2.05) is 36.2 Å². The Hall–Kier alpha value is -1.06. The van der Waals surface area contributed by atoms with Gasteiger partial charge in [-0.25, -0.2) is 0 Å². The van der Waals surface area contributed by atoms with E-state index in [9.17, 15) is 4.79 Å². The number of amides is 1. The fraction of sp³-hybridized carbons (Fsp3) is 0.588. The van der Waals surface area contributed by atoms with Crippen molar-refractivity contribution in [2.24, 2.45) is 5.92 Å². The lowest BCUT2D eigenvalue weighted by Gasteiger charge is -2.24. The van der Waals surface area contributed by atoms with Gasteiger partial charge in [-0.05, 0) is 42.9 Å². The Morgan fingerprint density at radius 1 is 1.38 bits per heavy atom. The SMILES string of the molecule is CN(Cc1cccc(Cl)c1)C(=O)C1CC2CCCCC2N1. The highest BCUT2D eigenvalue weighted by Crippen LogP contribution is 2.33. The predicted octanol–water partition coefficient (Wildman–Crippen LogP) is 3.22. The third-order valence-electron chi connectivity index (χ3n) is 4.85. The number of rotatable bonds is 3. The summed E-state index contributed by atoms with van der Waals surface area (Å²) in [7, 11) is 1.88. The third kappa shape index (κ3) is 3.41. The molecule has 3 nitrogen and oxygen atoms in total. The fourth-order valence-electron chi connectivity index (χ4n) is 3.76. The molecule has 2 fully saturated rings. The lowest BCUT2D eigenvalue weighted by atomic mass is 9.85. The van der Waals surface area contributed by atoms with E-state index in [0.29, 0.717) is 18.5 Å². The predicted molar refractivity (Wildman–Crippen MR) is 85.2 cm³/mol. The summed E-state index contributed by atoms with van der Waals surface area (Å²) in [6.45, 7) is 0.618. The smallest absolute Gasteiger partial charge is 0.239 e. The van der Waals surface area contributed by atoms with Gasteiger partial charge in [-0.1, -0.05) is 36.6 Å². The van der Waals surface area contributed by atoms with Crippen molar-refractivity contribution in [2.75, 3.05) is 7.05 Å². The van der Waals surface area contributed by atoms with E-state index in [0.717, 1.165) is 17.0 Å². The molecular formula is C17H23ClN2O. The Bertz CT molecular complexity index is 505. The first-order valence-corrected chi connectivity index (χ1v) is 8.27. The fourth-order valence-corrected chi connectivity index (χ4v) is 3.98. The molecule has 0 spiro atoms. The van der Waals surface area contributed by atoms with Crippen molar-refractivity contribution >= 4 is 17.5 Å². The van der Waals surface area contributed by atoms with Crippen LogP contribution in [0, 0.1) is 5.92 Å². The van der Waals surface area contributed by atoms with E-state index in [1.165, 1.54) is 25.7 Å². The Kier molecular flexibility index (Phi) is 4.51. The molecule has 4 heteroatoms. The van der Waals surface area contributed by atoms with E-state index in [-0.39, 0.29) is 11.9 Å². The first-order valence-electron chi connectivity index (χ1n) is 7.89. The molecular weight excluding hydrogens is 284 g/mol. The van der Waals surface area contributed by atoms with Crippen molar-refractivity contribution in [3.05, 3.63) is 34.9 Å². The van der Waals surface area contributed by atoms with Crippen LogP contribution >= 0.6 is 11.6 Å². The summed E-state index contributed by atoms with van der Waals surface area (Å²) >= 11 is 6.00. The van der Waals surface area contributed by atoms with Crippen molar-refractivity contribution < 1.29 is 4.79 Å². The van der Waals surface area contributed by atoms with Gasteiger partial charge in [-0.15, -0.1) is 0 Å². The number of nitrogens with zero attached hydrogens (tertiary/aromatic N) is 1. The van der Waals surface area contributed by atoms with Gasteiger partial charge in [0.25, 0.3) is 0 Å². The monoisotopic (exact) mass is 306 g/mol. The highest BCUT2D eigenvalue weighted by molar-refractivity contribution is 6.30. The van der Waals surface area contributed by atoms with Gasteiger partial charge < -0.3 is 10.2 Å². The highest BCUT2D eigenvalue weighted by atomic mass is 35.5. The van der Waals surface area contributed by atoms with Crippen LogP contribution in [-0.4, -0.2) is 29.9 Å². The van der Waals surface area contributed by atoms with Crippen LogP contribution in [0.3, 0.4) is 0 Å². The molecule has 0 aromatic heterocycles. The van der Waals surface area contributed by atoms with Gasteiger partial charge >= 0.3 is 0 Å². The van der Waals surface area contributed by atoms with Crippen LogP contribution in [-0.2, 0) is 11.3 Å². The second kappa shape index (κ2) is 6.37. The second-order valence-electron chi connectivity index (χ2n) is 6.43. The molecule has 1 N–H and O–H groups in total. The Morgan fingerprint density at radius 2 is 2.19 bits per heavy atom. The lowest BCUT2D eigenvalue weighted by Crippen LogP contribution is -2.43. The van der Waals surface area contributed by atoms with Crippen molar-refractivity contribution in [3.63, 3.8) is 0 Å². The van der Waals surface area contributed by atoms with Crippen LogP contribution < -0.4 is 5.32 Å². The minimum Gasteiger partial charge on any atom is -0.340 e. The number of benzene rings is 1.